The molecule has 1 aromatic carbocycles. The third-order valence-electron chi connectivity index (χ3n) is 4.42. The maximum atomic E-state index is 12.6. The number of benzene rings is 1. The number of para-hydroxylation sites is 1. The van der Waals surface area contributed by atoms with Gasteiger partial charge in [-0.1, -0.05) is 30.3 Å². The minimum absolute atomic E-state index is 0.0831. The highest BCUT2D eigenvalue weighted by molar-refractivity contribution is 7.13. The Bertz CT molecular complexity index is 1100. The highest BCUT2D eigenvalue weighted by Crippen LogP contribution is 2.28. The normalized spacial score (nSPS) is 11.1. The first-order valence-electron chi connectivity index (χ1n) is 9.23. The standard InChI is InChI=1S/C23H20N4OS/c1-26(17-19-8-5-6-14-24-19)22(28)13-12-18-16-27(20-9-3-2-4-10-20)25-23(18)21-11-7-15-29-21/h2-16H,17H2,1H3/b13-12+. The van der Waals surface area contributed by atoms with Crippen LogP contribution in [0.4, 0.5) is 0 Å². The van der Waals surface area contributed by atoms with Gasteiger partial charge in [-0.3, -0.25) is 9.78 Å². The van der Waals surface area contributed by atoms with Crippen molar-refractivity contribution >= 4 is 23.3 Å². The van der Waals surface area contributed by atoms with Crippen LogP contribution >= 0.6 is 11.3 Å². The lowest BCUT2D eigenvalue weighted by Crippen LogP contribution is -2.24. The molecule has 6 heteroatoms. The molecule has 1 amide bonds. The molecule has 5 nitrogen and oxygen atoms in total. The van der Waals surface area contributed by atoms with Crippen molar-refractivity contribution in [1.29, 1.82) is 0 Å². The summed E-state index contributed by atoms with van der Waals surface area (Å²) >= 11 is 1.63. The maximum Gasteiger partial charge on any atom is 0.246 e. The van der Waals surface area contributed by atoms with Gasteiger partial charge in [0, 0.05) is 31.1 Å². The second-order valence-corrected chi connectivity index (χ2v) is 7.49. The minimum atomic E-state index is -0.0831. The number of hydrogen-bond acceptors (Lipinski definition) is 4. The molecule has 0 aliphatic heterocycles. The Labute approximate surface area is 173 Å². The lowest BCUT2D eigenvalue weighted by atomic mass is 10.2. The second kappa shape index (κ2) is 8.67. The fourth-order valence-electron chi connectivity index (χ4n) is 2.93. The average molecular weight is 401 g/mol. The molecule has 29 heavy (non-hydrogen) atoms. The summed E-state index contributed by atoms with van der Waals surface area (Å²) in [7, 11) is 1.77. The van der Waals surface area contributed by atoms with Crippen LogP contribution < -0.4 is 0 Å². The van der Waals surface area contributed by atoms with Crippen molar-refractivity contribution in [2.75, 3.05) is 7.05 Å². The zero-order chi connectivity index (χ0) is 20.1. The molecular weight excluding hydrogens is 380 g/mol. The van der Waals surface area contributed by atoms with E-state index in [1.807, 2.05) is 83.0 Å². The van der Waals surface area contributed by atoms with Crippen LogP contribution in [-0.2, 0) is 11.3 Å². The number of aromatic nitrogens is 3. The van der Waals surface area contributed by atoms with E-state index in [0.29, 0.717) is 6.54 Å². The Morgan fingerprint density at radius 1 is 1.10 bits per heavy atom. The molecule has 4 rings (SSSR count). The summed E-state index contributed by atoms with van der Waals surface area (Å²) in [6.45, 7) is 0.463. The third-order valence-corrected chi connectivity index (χ3v) is 5.30. The van der Waals surface area contributed by atoms with Gasteiger partial charge in [-0.15, -0.1) is 11.3 Å². The Hall–Kier alpha value is -3.51. The fraction of sp³-hybridized carbons (Fsp3) is 0.0870. The van der Waals surface area contributed by atoms with Crippen LogP contribution in [0.25, 0.3) is 22.3 Å². The molecule has 0 aliphatic rings. The highest BCUT2D eigenvalue weighted by atomic mass is 32.1. The van der Waals surface area contributed by atoms with Crippen molar-refractivity contribution in [2.45, 2.75) is 6.54 Å². The smallest absolute Gasteiger partial charge is 0.246 e. The zero-order valence-corrected chi connectivity index (χ0v) is 16.8. The van der Waals surface area contributed by atoms with Gasteiger partial charge in [0.15, 0.2) is 0 Å². The van der Waals surface area contributed by atoms with E-state index < -0.39 is 0 Å². The molecule has 0 aliphatic carbocycles. The number of amides is 1. The molecule has 0 spiro atoms. The number of likely N-dealkylation sites (N-methyl/N-ethyl adjacent to an activating group) is 1. The SMILES string of the molecule is CN(Cc1ccccn1)C(=O)/C=C/c1cn(-c2ccccc2)nc1-c1cccs1. The van der Waals surface area contributed by atoms with Gasteiger partial charge in [-0.2, -0.15) is 5.10 Å². The Morgan fingerprint density at radius 2 is 1.93 bits per heavy atom. The summed E-state index contributed by atoms with van der Waals surface area (Å²) in [5.41, 5.74) is 3.59. The van der Waals surface area contributed by atoms with E-state index in [4.69, 9.17) is 5.10 Å². The summed E-state index contributed by atoms with van der Waals surface area (Å²) in [5.74, 6) is -0.0831. The fourth-order valence-corrected chi connectivity index (χ4v) is 3.66. The first-order chi connectivity index (χ1) is 14.2. The van der Waals surface area contributed by atoms with E-state index in [0.717, 1.165) is 27.5 Å². The number of pyridine rings is 1. The maximum absolute atomic E-state index is 12.6. The van der Waals surface area contributed by atoms with E-state index in [1.54, 1.807) is 35.6 Å². The van der Waals surface area contributed by atoms with Gasteiger partial charge in [0.2, 0.25) is 5.91 Å². The average Bonchev–Trinajstić information content (AvgIpc) is 3.43. The van der Waals surface area contributed by atoms with Gasteiger partial charge in [-0.05, 0) is 41.8 Å². The molecule has 3 heterocycles. The summed E-state index contributed by atoms with van der Waals surface area (Å²) in [6.07, 6.45) is 7.10. The van der Waals surface area contributed by atoms with Crippen LogP contribution in [0, 0.1) is 0 Å². The van der Waals surface area contributed by atoms with Crippen molar-refractivity contribution < 1.29 is 4.79 Å². The van der Waals surface area contributed by atoms with E-state index in [1.165, 1.54) is 0 Å². The van der Waals surface area contributed by atoms with Crippen molar-refractivity contribution in [3.05, 3.63) is 95.8 Å². The quantitative estimate of drug-likeness (QED) is 0.442. The number of carbonyl (C=O) groups excluding carboxylic acids is 1. The summed E-state index contributed by atoms with van der Waals surface area (Å²) in [5, 5.41) is 6.78. The molecule has 0 bridgehead atoms. The van der Waals surface area contributed by atoms with Crippen LogP contribution in [0.2, 0.25) is 0 Å². The molecular formula is C23H20N4OS. The van der Waals surface area contributed by atoms with Gasteiger partial charge in [0.25, 0.3) is 0 Å². The number of thiophene rings is 1. The van der Waals surface area contributed by atoms with Crippen LogP contribution in [0.15, 0.2) is 84.5 Å². The molecule has 0 atom stereocenters. The molecule has 0 radical (unpaired) electrons. The van der Waals surface area contributed by atoms with E-state index in [-0.39, 0.29) is 5.91 Å². The van der Waals surface area contributed by atoms with Crippen LogP contribution in [0.1, 0.15) is 11.3 Å². The molecule has 0 unspecified atom stereocenters. The topological polar surface area (TPSA) is 51.0 Å². The first kappa shape index (κ1) is 18.8. The molecule has 0 N–H and O–H groups in total. The van der Waals surface area contributed by atoms with Crippen molar-refractivity contribution in [3.8, 4) is 16.3 Å². The lowest BCUT2D eigenvalue weighted by Gasteiger charge is -2.14. The van der Waals surface area contributed by atoms with Crippen molar-refractivity contribution in [3.63, 3.8) is 0 Å². The summed E-state index contributed by atoms with van der Waals surface area (Å²) in [4.78, 5) is 19.6. The largest absolute Gasteiger partial charge is 0.336 e. The van der Waals surface area contributed by atoms with Crippen molar-refractivity contribution in [2.24, 2.45) is 0 Å². The third kappa shape index (κ3) is 4.50. The molecule has 0 saturated carbocycles. The monoisotopic (exact) mass is 400 g/mol. The second-order valence-electron chi connectivity index (χ2n) is 6.54. The summed E-state index contributed by atoms with van der Waals surface area (Å²) in [6, 6.07) is 19.7. The first-order valence-corrected chi connectivity index (χ1v) is 10.1. The molecule has 0 fully saturated rings. The number of carbonyl (C=O) groups is 1. The van der Waals surface area contributed by atoms with E-state index >= 15 is 0 Å². The molecule has 144 valence electrons. The Morgan fingerprint density at radius 3 is 2.66 bits per heavy atom. The van der Waals surface area contributed by atoms with Crippen LogP contribution in [0.3, 0.4) is 0 Å². The van der Waals surface area contributed by atoms with Crippen molar-refractivity contribution in [1.82, 2.24) is 19.7 Å². The molecule has 3 aromatic heterocycles. The number of rotatable bonds is 6. The molecule has 4 aromatic rings. The van der Waals surface area contributed by atoms with Crippen LogP contribution in [-0.4, -0.2) is 32.6 Å². The van der Waals surface area contributed by atoms with Gasteiger partial charge >= 0.3 is 0 Å². The predicted molar refractivity (Wildman–Crippen MR) is 117 cm³/mol. The lowest BCUT2D eigenvalue weighted by molar-refractivity contribution is -0.125. The van der Waals surface area contributed by atoms with E-state index in [9.17, 15) is 4.79 Å². The van der Waals surface area contributed by atoms with Gasteiger partial charge in [0.1, 0.15) is 5.69 Å². The molecule has 0 saturated heterocycles. The predicted octanol–water partition coefficient (Wildman–Crippen LogP) is 4.67. The number of hydrogen-bond donors (Lipinski definition) is 0. The van der Waals surface area contributed by atoms with Gasteiger partial charge in [-0.25, -0.2) is 4.68 Å². The van der Waals surface area contributed by atoms with E-state index in [2.05, 4.69) is 4.98 Å². The highest BCUT2D eigenvalue weighted by Gasteiger charge is 2.12. The van der Waals surface area contributed by atoms with Gasteiger partial charge in [0.05, 0.1) is 22.8 Å². The van der Waals surface area contributed by atoms with Gasteiger partial charge < -0.3 is 4.90 Å². The minimum Gasteiger partial charge on any atom is -0.336 e. The Balaban J connectivity index is 1.58. The summed E-state index contributed by atoms with van der Waals surface area (Å²) < 4.78 is 1.84. The zero-order valence-electron chi connectivity index (χ0n) is 16.0. The Kier molecular flexibility index (Phi) is 5.63. The van der Waals surface area contributed by atoms with Crippen LogP contribution in [0.5, 0.6) is 0 Å². The number of nitrogens with zero attached hydrogens (tertiary/aromatic N) is 4.